The standard InChI is InChI=1S/C23H24N4O5/c1-14-15(2)27(31)20(26(14)13-16-9-6-5-7-10-16)18(17-11-8-12-32-17)19-21(28)24(3)23(30)25(4)22(19)29/h5-12,18-19H,13H2,1-4H3/t18-/m1/s1. The average Bonchev–Trinajstić information content (AvgIpc) is 3.39. The molecule has 1 aliphatic heterocycles. The van der Waals surface area contributed by atoms with Gasteiger partial charge in [0.15, 0.2) is 0 Å². The van der Waals surface area contributed by atoms with Crippen molar-refractivity contribution in [1.82, 2.24) is 14.4 Å². The molecule has 0 bridgehead atoms. The fraction of sp³-hybridized carbons (Fsp3) is 0.304. The van der Waals surface area contributed by atoms with Crippen LogP contribution in [0.25, 0.3) is 0 Å². The fourth-order valence-electron chi connectivity index (χ4n) is 4.19. The lowest BCUT2D eigenvalue weighted by Gasteiger charge is -2.35. The van der Waals surface area contributed by atoms with E-state index in [1.807, 2.05) is 41.8 Å². The number of carbonyl (C=O) groups is 3. The van der Waals surface area contributed by atoms with Crippen molar-refractivity contribution in [2.75, 3.05) is 14.1 Å². The van der Waals surface area contributed by atoms with Crippen LogP contribution in [-0.2, 0) is 16.1 Å². The van der Waals surface area contributed by atoms with E-state index in [0.29, 0.717) is 23.7 Å². The largest absolute Gasteiger partial charge is 0.711 e. The van der Waals surface area contributed by atoms with E-state index in [4.69, 9.17) is 4.42 Å². The molecule has 3 aromatic rings. The maximum Gasteiger partial charge on any atom is 0.332 e. The number of aromatic nitrogens is 2. The quantitative estimate of drug-likeness (QED) is 0.347. The van der Waals surface area contributed by atoms with Gasteiger partial charge < -0.3 is 9.62 Å². The number of furan rings is 1. The summed E-state index contributed by atoms with van der Waals surface area (Å²) in [5.74, 6) is -3.19. The van der Waals surface area contributed by atoms with Crippen molar-refractivity contribution < 1.29 is 23.5 Å². The SMILES string of the molecule is Cc1c(C)[n+]([O-])c([C@H](c2ccco2)C2C(=O)N(C)C(=O)N(C)C2=O)n1Cc1ccccc1. The van der Waals surface area contributed by atoms with Crippen LogP contribution in [0.5, 0.6) is 0 Å². The van der Waals surface area contributed by atoms with Crippen LogP contribution in [0.2, 0.25) is 0 Å². The summed E-state index contributed by atoms with van der Waals surface area (Å²) in [6, 6.07) is 12.1. The number of hydrogen-bond acceptors (Lipinski definition) is 5. The van der Waals surface area contributed by atoms with E-state index < -0.39 is 29.7 Å². The Balaban J connectivity index is 1.93. The van der Waals surface area contributed by atoms with Crippen molar-refractivity contribution in [3.8, 4) is 0 Å². The lowest BCUT2D eigenvalue weighted by atomic mass is 9.85. The summed E-state index contributed by atoms with van der Waals surface area (Å²) in [6.45, 7) is 3.88. The molecule has 1 fully saturated rings. The molecule has 0 N–H and O–H groups in total. The van der Waals surface area contributed by atoms with E-state index >= 15 is 0 Å². The van der Waals surface area contributed by atoms with Gasteiger partial charge in [0.2, 0.25) is 11.8 Å². The Hall–Kier alpha value is -3.88. The zero-order valence-electron chi connectivity index (χ0n) is 18.3. The van der Waals surface area contributed by atoms with E-state index in [9.17, 15) is 19.6 Å². The van der Waals surface area contributed by atoms with Crippen LogP contribution in [-0.4, -0.2) is 46.3 Å². The molecule has 9 heteroatoms. The second-order valence-electron chi connectivity index (χ2n) is 7.94. The van der Waals surface area contributed by atoms with Crippen molar-refractivity contribution in [3.05, 3.63) is 82.5 Å². The van der Waals surface area contributed by atoms with E-state index in [1.54, 1.807) is 19.1 Å². The molecular formula is C23H24N4O5. The van der Waals surface area contributed by atoms with Gasteiger partial charge in [-0.3, -0.25) is 19.4 Å². The van der Waals surface area contributed by atoms with E-state index in [-0.39, 0.29) is 5.82 Å². The van der Waals surface area contributed by atoms with Crippen molar-refractivity contribution in [1.29, 1.82) is 0 Å². The first-order chi connectivity index (χ1) is 15.2. The number of rotatable bonds is 5. The van der Waals surface area contributed by atoms with Gasteiger partial charge in [-0.15, -0.1) is 0 Å². The van der Waals surface area contributed by atoms with Gasteiger partial charge in [0.05, 0.1) is 6.26 Å². The zero-order chi connectivity index (χ0) is 23.2. The van der Waals surface area contributed by atoms with Gasteiger partial charge in [0.25, 0.3) is 5.82 Å². The van der Waals surface area contributed by atoms with Crippen LogP contribution in [0.1, 0.15) is 34.5 Å². The number of barbiturate groups is 1. The molecule has 0 radical (unpaired) electrons. The highest BCUT2D eigenvalue weighted by molar-refractivity contribution is 6.16. The molecule has 0 unspecified atom stereocenters. The third-order valence-corrected chi connectivity index (χ3v) is 6.13. The van der Waals surface area contributed by atoms with Crippen molar-refractivity contribution in [3.63, 3.8) is 0 Å². The number of benzene rings is 1. The van der Waals surface area contributed by atoms with Gasteiger partial charge >= 0.3 is 6.03 Å². The third kappa shape index (κ3) is 3.26. The van der Waals surface area contributed by atoms with Crippen LogP contribution in [0.4, 0.5) is 4.79 Å². The number of carbonyl (C=O) groups excluding carboxylic acids is 3. The molecule has 2 aromatic heterocycles. The predicted octanol–water partition coefficient (Wildman–Crippen LogP) is 2.18. The summed E-state index contributed by atoms with van der Waals surface area (Å²) in [4.78, 5) is 40.4. The topological polar surface area (TPSA) is 103 Å². The van der Waals surface area contributed by atoms with Gasteiger partial charge in [0, 0.05) is 27.9 Å². The van der Waals surface area contributed by atoms with E-state index in [2.05, 4.69) is 0 Å². The van der Waals surface area contributed by atoms with E-state index in [1.165, 1.54) is 20.4 Å². The highest BCUT2D eigenvalue weighted by Crippen LogP contribution is 2.36. The predicted molar refractivity (Wildman–Crippen MR) is 113 cm³/mol. The highest BCUT2D eigenvalue weighted by Gasteiger charge is 2.52. The van der Waals surface area contributed by atoms with Crippen molar-refractivity contribution in [2.24, 2.45) is 5.92 Å². The molecule has 0 aliphatic carbocycles. The molecule has 1 aromatic carbocycles. The monoisotopic (exact) mass is 436 g/mol. The fourth-order valence-corrected chi connectivity index (χ4v) is 4.19. The number of urea groups is 1. The number of amides is 4. The molecule has 1 aliphatic rings. The maximum atomic E-state index is 13.4. The number of nitrogens with zero attached hydrogens (tertiary/aromatic N) is 4. The van der Waals surface area contributed by atoms with Crippen molar-refractivity contribution in [2.45, 2.75) is 26.3 Å². The molecule has 9 nitrogen and oxygen atoms in total. The minimum atomic E-state index is -1.32. The molecule has 166 valence electrons. The first kappa shape index (κ1) is 21.4. The van der Waals surface area contributed by atoms with Crippen molar-refractivity contribution >= 4 is 17.8 Å². The third-order valence-electron chi connectivity index (χ3n) is 6.13. The number of hydrogen-bond donors (Lipinski definition) is 0. The maximum absolute atomic E-state index is 13.4. The van der Waals surface area contributed by atoms with Crippen LogP contribution in [0, 0.1) is 25.0 Å². The van der Waals surface area contributed by atoms with E-state index in [0.717, 1.165) is 20.1 Å². The number of imidazole rings is 1. The van der Waals surface area contributed by atoms with Crippen LogP contribution in [0.15, 0.2) is 53.1 Å². The minimum Gasteiger partial charge on any atom is -0.711 e. The first-order valence-electron chi connectivity index (χ1n) is 10.2. The zero-order valence-corrected chi connectivity index (χ0v) is 18.3. The second kappa shape index (κ2) is 7.99. The van der Waals surface area contributed by atoms with Crippen LogP contribution in [0.3, 0.4) is 0 Å². The minimum absolute atomic E-state index is 0.210. The summed E-state index contributed by atoms with van der Waals surface area (Å²) >= 11 is 0. The van der Waals surface area contributed by atoms with Gasteiger partial charge in [-0.05, 0) is 17.7 Å². The lowest BCUT2D eigenvalue weighted by Crippen LogP contribution is -2.59. The van der Waals surface area contributed by atoms with Gasteiger partial charge in [-0.25, -0.2) is 14.1 Å². The molecule has 4 rings (SSSR count). The average molecular weight is 436 g/mol. The Bertz CT molecular complexity index is 1160. The molecule has 1 atom stereocenters. The van der Waals surface area contributed by atoms with Crippen LogP contribution >= 0.6 is 0 Å². The molecule has 0 saturated carbocycles. The Morgan fingerprint density at radius 2 is 1.62 bits per heavy atom. The Morgan fingerprint density at radius 3 is 2.19 bits per heavy atom. The first-order valence-corrected chi connectivity index (χ1v) is 10.2. The smallest absolute Gasteiger partial charge is 0.332 e. The molecule has 32 heavy (non-hydrogen) atoms. The summed E-state index contributed by atoms with van der Waals surface area (Å²) in [5, 5.41) is 13.4. The second-order valence-corrected chi connectivity index (χ2v) is 7.94. The molecule has 3 heterocycles. The molecule has 1 saturated heterocycles. The van der Waals surface area contributed by atoms with Gasteiger partial charge in [0.1, 0.15) is 35.5 Å². The molecule has 0 spiro atoms. The Kier molecular flexibility index (Phi) is 5.33. The Morgan fingerprint density at radius 1 is 1.00 bits per heavy atom. The summed E-state index contributed by atoms with van der Waals surface area (Å²) in [6.07, 6.45) is 1.43. The van der Waals surface area contributed by atoms with Gasteiger partial charge in [-0.2, -0.15) is 0 Å². The number of imide groups is 2. The summed E-state index contributed by atoms with van der Waals surface area (Å²) in [7, 11) is 2.65. The van der Waals surface area contributed by atoms with Crippen LogP contribution < -0.4 is 4.73 Å². The highest BCUT2D eigenvalue weighted by atomic mass is 16.5. The Labute approximate surface area is 185 Å². The molecule has 4 amide bonds. The normalized spacial score (nSPS) is 16.2. The summed E-state index contributed by atoms with van der Waals surface area (Å²) < 4.78 is 8.17. The lowest BCUT2D eigenvalue weighted by molar-refractivity contribution is -0.621. The summed E-state index contributed by atoms with van der Waals surface area (Å²) in [5.41, 5.74) is 2.13. The van der Waals surface area contributed by atoms with Gasteiger partial charge in [-0.1, -0.05) is 30.3 Å². The molecular weight excluding hydrogens is 412 g/mol.